The molecule has 3 heteroatoms. The van der Waals surface area contributed by atoms with Crippen molar-refractivity contribution in [3.05, 3.63) is 6.92 Å². The van der Waals surface area contributed by atoms with Crippen LogP contribution in [-0.2, 0) is 0 Å². The van der Waals surface area contributed by atoms with Gasteiger partial charge >= 0.3 is 6.03 Å². The van der Waals surface area contributed by atoms with Crippen LogP contribution in [0.15, 0.2) is 0 Å². The van der Waals surface area contributed by atoms with Crippen LogP contribution in [0.2, 0.25) is 0 Å². The minimum absolute atomic E-state index is 0.0139. The number of nitrogens with one attached hydrogen (secondary N) is 1. The SMILES string of the molecule is [CH2]CN1CCNC1=O. The van der Waals surface area contributed by atoms with E-state index in [4.69, 9.17) is 0 Å². The maximum Gasteiger partial charge on any atom is 0.317 e. The molecule has 0 aromatic carbocycles. The summed E-state index contributed by atoms with van der Waals surface area (Å²) in [5, 5.41) is 2.67. The molecule has 45 valence electrons. The average molecular weight is 113 g/mol. The molecule has 0 unspecified atom stereocenters. The van der Waals surface area contributed by atoms with Gasteiger partial charge in [-0.3, -0.25) is 0 Å². The second-order valence-electron chi connectivity index (χ2n) is 1.72. The molecule has 1 saturated heterocycles. The first-order chi connectivity index (χ1) is 3.84. The third-order valence-corrected chi connectivity index (χ3v) is 1.22. The highest BCUT2D eigenvalue weighted by atomic mass is 16.2. The molecule has 1 heterocycles. The van der Waals surface area contributed by atoms with Gasteiger partial charge in [0, 0.05) is 19.6 Å². The van der Waals surface area contributed by atoms with Gasteiger partial charge < -0.3 is 10.2 Å². The molecule has 0 bridgehead atoms. The Morgan fingerprint density at radius 1 is 1.88 bits per heavy atom. The zero-order valence-corrected chi connectivity index (χ0v) is 4.68. The van der Waals surface area contributed by atoms with Crippen LogP contribution in [-0.4, -0.2) is 30.6 Å². The normalized spacial score (nSPS) is 19.1. The molecular weight excluding hydrogens is 104 g/mol. The number of carbonyl (C=O) groups is 1. The van der Waals surface area contributed by atoms with E-state index in [9.17, 15) is 4.79 Å². The van der Waals surface area contributed by atoms with Gasteiger partial charge in [0.15, 0.2) is 0 Å². The third-order valence-electron chi connectivity index (χ3n) is 1.22. The largest absolute Gasteiger partial charge is 0.336 e. The number of nitrogens with zero attached hydrogens (tertiary/aromatic N) is 1. The molecule has 0 aromatic heterocycles. The molecule has 1 aliphatic heterocycles. The molecule has 2 amide bonds. The predicted octanol–water partition coefficient (Wildman–Crippen LogP) is -0.154. The maximum absolute atomic E-state index is 10.6. The van der Waals surface area contributed by atoms with Gasteiger partial charge in [0.25, 0.3) is 0 Å². The zero-order valence-electron chi connectivity index (χ0n) is 4.68. The number of amides is 2. The van der Waals surface area contributed by atoms with E-state index in [-0.39, 0.29) is 6.03 Å². The van der Waals surface area contributed by atoms with Gasteiger partial charge in [0.05, 0.1) is 0 Å². The van der Waals surface area contributed by atoms with Crippen molar-refractivity contribution < 1.29 is 4.79 Å². The van der Waals surface area contributed by atoms with E-state index in [0.717, 1.165) is 13.1 Å². The minimum atomic E-state index is 0.0139. The van der Waals surface area contributed by atoms with E-state index in [1.807, 2.05) is 0 Å². The van der Waals surface area contributed by atoms with Gasteiger partial charge in [-0.15, -0.1) is 0 Å². The van der Waals surface area contributed by atoms with Crippen molar-refractivity contribution in [1.82, 2.24) is 10.2 Å². The average Bonchev–Trinajstić information content (AvgIpc) is 2.14. The number of hydrogen-bond acceptors (Lipinski definition) is 1. The van der Waals surface area contributed by atoms with Gasteiger partial charge in [-0.05, 0) is 6.92 Å². The zero-order chi connectivity index (χ0) is 5.98. The molecule has 1 rings (SSSR count). The molecule has 1 N–H and O–H groups in total. The fraction of sp³-hybridized carbons (Fsp3) is 0.600. The van der Waals surface area contributed by atoms with Crippen molar-refractivity contribution in [3.63, 3.8) is 0 Å². The molecule has 1 radical (unpaired) electrons. The van der Waals surface area contributed by atoms with Crippen molar-refractivity contribution in [3.8, 4) is 0 Å². The van der Waals surface area contributed by atoms with E-state index in [0.29, 0.717) is 6.54 Å². The fourth-order valence-corrected chi connectivity index (χ4v) is 0.724. The van der Waals surface area contributed by atoms with Gasteiger partial charge in [0.1, 0.15) is 0 Å². The number of urea groups is 1. The van der Waals surface area contributed by atoms with Crippen molar-refractivity contribution in [2.75, 3.05) is 19.6 Å². The molecule has 0 saturated carbocycles. The summed E-state index contributed by atoms with van der Waals surface area (Å²) in [5.41, 5.74) is 0. The monoisotopic (exact) mass is 113 g/mol. The lowest BCUT2D eigenvalue weighted by Gasteiger charge is -2.08. The molecular formula is C5H9N2O. The Hall–Kier alpha value is -0.730. The van der Waals surface area contributed by atoms with Crippen molar-refractivity contribution in [2.45, 2.75) is 0 Å². The van der Waals surface area contributed by atoms with E-state index in [2.05, 4.69) is 12.2 Å². The van der Waals surface area contributed by atoms with Gasteiger partial charge in [0.2, 0.25) is 0 Å². The lowest BCUT2D eigenvalue weighted by molar-refractivity contribution is 0.221. The van der Waals surface area contributed by atoms with Crippen molar-refractivity contribution in [1.29, 1.82) is 0 Å². The summed E-state index contributed by atoms with van der Waals surface area (Å²) in [4.78, 5) is 12.2. The summed E-state index contributed by atoms with van der Waals surface area (Å²) in [7, 11) is 0. The smallest absolute Gasteiger partial charge is 0.317 e. The highest BCUT2D eigenvalue weighted by Gasteiger charge is 2.15. The van der Waals surface area contributed by atoms with Crippen LogP contribution in [0.4, 0.5) is 4.79 Å². The first-order valence-electron chi connectivity index (χ1n) is 2.66. The Morgan fingerprint density at radius 2 is 2.62 bits per heavy atom. The molecule has 1 aliphatic rings. The van der Waals surface area contributed by atoms with Crippen LogP contribution in [0.3, 0.4) is 0 Å². The van der Waals surface area contributed by atoms with E-state index in [1.54, 1.807) is 4.90 Å². The van der Waals surface area contributed by atoms with Crippen LogP contribution >= 0.6 is 0 Å². The lowest BCUT2D eigenvalue weighted by atomic mass is 10.6. The molecule has 0 spiro atoms. The second-order valence-corrected chi connectivity index (χ2v) is 1.72. The fourth-order valence-electron chi connectivity index (χ4n) is 0.724. The summed E-state index contributed by atoms with van der Waals surface area (Å²) >= 11 is 0. The van der Waals surface area contributed by atoms with Crippen LogP contribution in [0.25, 0.3) is 0 Å². The highest BCUT2D eigenvalue weighted by Crippen LogP contribution is 1.92. The topological polar surface area (TPSA) is 32.3 Å². The Labute approximate surface area is 48.7 Å². The Kier molecular flexibility index (Phi) is 1.37. The first-order valence-corrected chi connectivity index (χ1v) is 2.66. The van der Waals surface area contributed by atoms with Crippen molar-refractivity contribution >= 4 is 6.03 Å². The van der Waals surface area contributed by atoms with Gasteiger partial charge in [-0.2, -0.15) is 0 Å². The lowest BCUT2D eigenvalue weighted by Crippen LogP contribution is -2.27. The second kappa shape index (κ2) is 2.03. The Balaban J connectivity index is 2.42. The quantitative estimate of drug-likeness (QED) is 0.503. The first kappa shape index (κ1) is 5.41. The molecule has 0 aliphatic carbocycles. The number of rotatable bonds is 1. The molecule has 3 nitrogen and oxygen atoms in total. The molecule has 8 heavy (non-hydrogen) atoms. The van der Waals surface area contributed by atoms with E-state index < -0.39 is 0 Å². The highest BCUT2D eigenvalue weighted by molar-refractivity contribution is 5.76. The van der Waals surface area contributed by atoms with Crippen LogP contribution in [0, 0.1) is 6.92 Å². The number of carbonyl (C=O) groups excluding carboxylic acids is 1. The van der Waals surface area contributed by atoms with E-state index in [1.165, 1.54) is 0 Å². The van der Waals surface area contributed by atoms with E-state index >= 15 is 0 Å². The number of hydrogen-bond donors (Lipinski definition) is 1. The summed E-state index contributed by atoms with van der Waals surface area (Å²) in [6.07, 6.45) is 0. The standard InChI is InChI=1S/C5H9N2O/c1-2-7-4-3-6-5(7)8/h1-4H2,(H,6,8). The van der Waals surface area contributed by atoms with Crippen LogP contribution in [0.5, 0.6) is 0 Å². The maximum atomic E-state index is 10.6. The molecule has 0 aromatic rings. The Morgan fingerprint density at radius 3 is 2.88 bits per heavy atom. The summed E-state index contributed by atoms with van der Waals surface area (Å²) < 4.78 is 0. The predicted molar refractivity (Wildman–Crippen MR) is 30.3 cm³/mol. The summed E-state index contributed by atoms with van der Waals surface area (Å²) in [6.45, 7) is 5.74. The van der Waals surface area contributed by atoms with Crippen LogP contribution < -0.4 is 5.32 Å². The summed E-state index contributed by atoms with van der Waals surface area (Å²) in [6, 6.07) is 0.0139. The van der Waals surface area contributed by atoms with Gasteiger partial charge in [-0.25, -0.2) is 4.79 Å². The van der Waals surface area contributed by atoms with Crippen molar-refractivity contribution in [2.24, 2.45) is 0 Å². The molecule has 1 fully saturated rings. The third kappa shape index (κ3) is 0.757. The van der Waals surface area contributed by atoms with Crippen LogP contribution in [0.1, 0.15) is 0 Å². The van der Waals surface area contributed by atoms with Gasteiger partial charge in [-0.1, -0.05) is 0 Å². The minimum Gasteiger partial charge on any atom is -0.336 e. The summed E-state index contributed by atoms with van der Waals surface area (Å²) in [5.74, 6) is 0. The Bertz CT molecular complexity index is 103. The molecule has 0 atom stereocenters.